The van der Waals surface area contributed by atoms with E-state index in [2.05, 4.69) is 32.9 Å². The van der Waals surface area contributed by atoms with Crippen molar-refractivity contribution >= 4 is 27.5 Å². The van der Waals surface area contributed by atoms with E-state index in [4.69, 9.17) is 11.6 Å². The zero-order valence-electron chi connectivity index (χ0n) is 11.8. The number of nitrogens with zero attached hydrogens (tertiary/aromatic N) is 3. The topological polar surface area (TPSA) is 21.1 Å². The van der Waals surface area contributed by atoms with E-state index in [1.165, 1.54) is 37.9 Å². The Morgan fingerprint density at radius 1 is 1.42 bits per heavy atom. The van der Waals surface area contributed by atoms with Crippen LogP contribution >= 0.6 is 27.5 Å². The summed E-state index contributed by atoms with van der Waals surface area (Å²) in [6.07, 6.45) is 6.08. The summed E-state index contributed by atoms with van der Waals surface area (Å²) in [6, 6.07) is 0.684. The van der Waals surface area contributed by atoms with Gasteiger partial charge in [-0.2, -0.15) is 5.10 Å². The first kappa shape index (κ1) is 15.3. The molecule has 1 aromatic heterocycles. The van der Waals surface area contributed by atoms with Crippen LogP contribution in [0, 0.1) is 0 Å². The van der Waals surface area contributed by atoms with Crippen LogP contribution in [0.25, 0.3) is 0 Å². The fraction of sp³-hybridized carbons (Fsp3) is 0.786. The van der Waals surface area contributed by atoms with Gasteiger partial charge in [-0.05, 0) is 32.2 Å². The molecule has 1 unspecified atom stereocenters. The third kappa shape index (κ3) is 3.53. The molecule has 1 aliphatic heterocycles. The summed E-state index contributed by atoms with van der Waals surface area (Å²) in [5.41, 5.74) is 2.19. The van der Waals surface area contributed by atoms with Gasteiger partial charge < -0.3 is 0 Å². The molecule has 5 heteroatoms. The summed E-state index contributed by atoms with van der Waals surface area (Å²) >= 11 is 10.0. The summed E-state index contributed by atoms with van der Waals surface area (Å²) in [6.45, 7) is 4.22. The highest BCUT2D eigenvalue weighted by Gasteiger charge is 2.24. The molecule has 0 aliphatic carbocycles. The number of aryl methyl sites for hydroxylation is 2. The van der Waals surface area contributed by atoms with Gasteiger partial charge in [-0.25, -0.2) is 0 Å². The molecule has 0 bridgehead atoms. The van der Waals surface area contributed by atoms with Gasteiger partial charge in [-0.3, -0.25) is 9.58 Å². The Hall–Kier alpha value is -0.0600. The van der Waals surface area contributed by atoms with E-state index in [9.17, 15) is 0 Å². The lowest BCUT2D eigenvalue weighted by Gasteiger charge is -2.35. The lowest BCUT2D eigenvalue weighted by molar-refractivity contribution is 0.134. The van der Waals surface area contributed by atoms with E-state index in [-0.39, 0.29) is 0 Å². The van der Waals surface area contributed by atoms with Crippen LogP contribution in [-0.4, -0.2) is 32.6 Å². The number of rotatable bonds is 5. The Morgan fingerprint density at radius 3 is 2.84 bits per heavy atom. The van der Waals surface area contributed by atoms with Crippen LogP contribution in [0.1, 0.15) is 44.0 Å². The van der Waals surface area contributed by atoms with Gasteiger partial charge in [0.25, 0.3) is 0 Å². The molecule has 0 N–H and O–H groups in total. The van der Waals surface area contributed by atoms with Crippen molar-refractivity contribution in [3.8, 4) is 0 Å². The van der Waals surface area contributed by atoms with E-state index in [1.54, 1.807) is 0 Å². The van der Waals surface area contributed by atoms with Gasteiger partial charge in [-0.1, -0.05) is 40.9 Å². The highest BCUT2D eigenvalue weighted by Crippen LogP contribution is 2.27. The van der Waals surface area contributed by atoms with E-state index in [0.717, 1.165) is 29.0 Å². The van der Waals surface area contributed by atoms with Crippen molar-refractivity contribution in [2.45, 2.75) is 51.6 Å². The minimum atomic E-state index is 0.684. The number of alkyl halides is 1. The van der Waals surface area contributed by atoms with E-state index in [1.807, 2.05) is 11.7 Å². The molecule has 0 spiro atoms. The minimum absolute atomic E-state index is 0.684. The summed E-state index contributed by atoms with van der Waals surface area (Å²) < 4.78 is 1.96. The first-order chi connectivity index (χ1) is 9.17. The number of hydrogen-bond acceptors (Lipinski definition) is 2. The fourth-order valence-corrected chi connectivity index (χ4v) is 3.79. The average molecular weight is 349 g/mol. The second-order valence-corrected chi connectivity index (χ2v) is 6.45. The number of halogens is 2. The van der Waals surface area contributed by atoms with Crippen LogP contribution < -0.4 is 0 Å². The van der Waals surface area contributed by atoms with Crippen molar-refractivity contribution in [2.24, 2.45) is 7.05 Å². The van der Waals surface area contributed by atoms with Gasteiger partial charge in [0, 0.05) is 25.0 Å². The van der Waals surface area contributed by atoms with Crippen LogP contribution in [0.4, 0.5) is 0 Å². The molecule has 0 saturated carbocycles. The highest BCUT2D eigenvalue weighted by molar-refractivity contribution is 9.09. The van der Waals surface area contributed by atoms with Gasteiger partial charge >= 0.3 is 0 Å². The number of hydrogen-bond donors (Lipinski definition) is 0. The van der Waals surface area contributed by atoms with Crippen molar-refractivity contribution < 1.29 is 0 Å². The maximum atomic E-state index is 6.45. The summed E-state index contributed by atoms with van der Waals surface area (Å²) in [7, 11) is 2.00. The molecule has 2 rings (SSSR count). The van der Waals surface area contributed by atoms with Crippen LogP contribution in [0.3, 0.4) is 0 Å². The zero-order chi connectivity index (χ0) is 13.8. The van der Waals surface area contributed by atoms with Gasteiger partial charge in [0.15, 0.2) is 0 Å². The van der Waals surface area contributed by atoms with Gasteiger partial charge in [0.1, 0.15) is 0 Å². The van der Waals surface area contributed by atoms with E-state index >= 15 is 0 Å². The Morgan fingerprint density at radius 2 is 2.21 bits per heavy atom. The summed E-state index contributed by atoms with van der Waals surface area (Å²) in [5.74, 6) is 0. The molecule has 1 aliphatic rings. The Kier molecular flexibility index (Phi) is 5.72. The Balaban J connectivity index is 2.12. The third-order valence-corrected chi connectivity index (χ3v) is 4.94. The molecule has 1 aromatic rings. The van der Waals surface area contributed by atoms with Crippen LogP contribution in [0.15, 0.2) is 0 Å². The summed E-state index contributed by atoms with van der Waals surface area (Å²) in [5, 5.41) is 6.46. The second-order valence-electron chi connectivity index (χ2n) is 5.28. The molecule has 1 fully saturated rings. The third-order valence-electron chi connectivity index (χ3n) is 4.05. The molecular formula is C14H23BrClN3. The molecule has 0 radical (unpaired) electrons. The maximum absolute atomic E-state index is 6.45. The molecular weight excluding hydrogens is 326 g/mol. The summed E-state index contributed by atoms with van der Waals surface area (Å²) in [4.78, 5) is 2.58. The first-order valence-electron chi connectivity index (χ1n) is 7.17. The van der Waals surface area contributed by atoms with Crippen molar-refractivity contribution in [1.29, 1.82) is 0 Å². The van der Waals surface area contributed by atoms with Crippen molar-refractivity contribution in [2.75, 3.05) is 11.9 Å². The second kappa shape index (κ2) is 7.09. The maximum Gasteiger partial charge on any atom is 0.0863 e. The normalized spacial score (nSPS) is 20.9. The van der Waals surface area contributed by atoms with Gasteiger partial charge in [0.05, 0.1) is 16.4 Å². The molecule has 19 heavy (non-hydrogen) atoms. The number of likely N-dealkylation sites (tertiary alicyclic amines) is 1. The highest BCUT2D eigenvalue weighted by atomic mass is 79.9. The van der Waals surface area contributed by atoms with Gasteiger partial charge in [0.2, 0.25) is 0 Å². The Bertz CT molecular complexity index is 417. The first-order valence-corrected chi connectivity index (χ1v) is 8.67. The van der Waals surface area contributed by atoms with E-state index in [0.29, 0.717) is 6.04 Å². The largest absolute Gasteiger partial charge is 0.294 e. The van der Waals surface area contributed by atoms with Crippen molar-refractivity contribution in [1.82, 2.24) is 14.7 Å². The molecule has 2 heterocycles. The Labute approximate surface area is 129 Å². The van der Waals surface area contributed by atoms with Crippen molar-refractivity contribution in [3.05, 3.63) is 16.4 Å². The quantitative estimate of drug-likeness (QED) is 0.755. The lowest BCUT2D eigenvalue weighted by atomic mass is 10.00. The predicted octanol–water partition coefficient (Wildman–Crippen LogP) is 3.78. The van der Waals surface area contributed by atoms with Crippen LogP contribution in [0.5, 0.6) is 0 Å². The monoisotopic (exact) mass is 347 g/mol. The molecule has 0 amide bonds. The number of piperidine rings is 1. The number of aromatic nitrogens is 2. The van der Waals surface area contributed by atoms with Crippen molar-refractivity contribution in [3.63, 3.8) is 0 Å². The SMILES string of the molecule is CCc1nn(C)c(CN2CCCCC2CCBr)c1Cl. The smallest absolute Gasteiger partial charge is 0.0863 e. The predicted molar refractivity (Wildman–Crippen MR) is 84.1 cm³/mol. The average Bonchev–Trinajstić information content (AvgIpc) is 2.68. The molecule has 1 atom stereocenters. The lowest BCUT2D eigenvalue weighted by Crippen LogP contribution is -2.39. The standard InChI is InChI=1S/C14H23BrClN3/c1-3-12-14(16)13(18(2)17-12)10-19-9-5-4-6-11(19)7-8-15/h11H,3-10H2,1-2H3. The zero-order valence-corrected chi connectivity index (χ0v) is 14.2. The minimum Gasteiger partial charge on any atom is -0.294 e. The van der Waals surface area contributed by atoms with E-state index < -0.39 is 0 Å². The molecule has 3 nitrogen and oxygen atoms in total. The van der Waals surface area contributed by atoms with Crippen LogP contribution in [-0.2, 0) is 20.0 Å². The fourth-order valence-electron chi connectivity index (χ4n) is 2.90. The molecule has 0 aromatic carbocycles. The van der Waals surface area contributed by atoms with Crippen LogP contribution in [0.2, 0.25) is 5.02 Å². The molecule has 108 valence electrons. The van der Waals surface area contributed by atoms with Gasteiger partial charge in [-0.15, -0.1) is 0 Å². The molecule has 1 saturated heterocycles.